The van der Waals surface area contributed by atoms with Crippen LogP contribution in [0.25, 0.3) is 0 Å². The summed E-state index contributed by atoms with van der Waals surface area (Å²) in [4.78, 5) is 291. The molecule has 19 amide bonds. The average Bonchev–Trinajstić information content (AvgIpc) is 1.66. The molecule has 0 unspecified atom stereocenters. The van der Waals surface area contributed by atoms with Crippen LogP contribution in [0.1, 0.15) is 148 Å². The molecule has 0 aromatic heterocycles. The van der Waals surface area contributed by atoms with Crippen molar-refractivity contribution < 1.29 is 132 Å². The molecule has 13 saturated heterocycles. The van der Waals surface area contributed by atoms with Gasteiger partial charge < -0.3 is 143 Å². The van der Waals surface area contributed by atoms with E-state index in [9.17, 15) is 132 Å². The van der Waals surface area contributed by atoms with Crippen LogP contribution < -0.4 is 48.3 Å². The van der Waals surface area contributed by atoms with E-state index in [1.54, 1.807) is 0 Å². The number of carbonyl (C=O) groups is 20. The Hall–Kier alpha value is -10.9. The van der Waals surface area contributed by atoms with Crippen LogP contribution in [0.3, 0.4) is 0 Å². The Morgan fingerprint density at radius 3 is 0.817 bits per heavy atom. The number of carboxylic acids is 1. The highest BCUT2D eigenvalue weighted by Gasteiger charge is 2.53. The first-order chi connectivity index (χ1) is 62.6. The van der Waals surface area contributed by atoms with Crippen molar-refractivity contribution in [2.24, 2.45) is 5.73 Å². The smallest absolute Gasteiger partial charge is 0.326 e. The van der Waals surface area contributed by atoms with Gasteiger partial charge in [0.2, 0.25) is 112 Å². The van der Waals surface area contributed by atoms with E-state index in [0.29, 0.717) is 70.8 Å². The van der Waals surface area contributed by atoms with Crippen LogP contribution in [0.15, 0.2) is 0 Å². The molecule has 48 nitrogen and oxygen atoms in total. The van der Waals surface area contributed by atoms with Crippen LogP contribution in [0.2, 0.25) is 0 Å². The van der Waals surface area contributed by atoms with Crippen molar-refractivity contribution in [2.45, 2.75) is 269 Å². The molecular weight excluding hydrogens is 1720 g/mol. The second kappa shape index (κ2) is 43.2. The topological polar surface area (TPSA) is 644 Å². The lowest BCUT2D eigenvalue weighted by molar-refractivity contribution is -0.151. The van der Waals surface area contributed by atoms with Gasteiger partial charge >= 0.3 is 5.97 Å². The highest BCUT2D eigenvalue weighted by atomic mass is 16.4. The quantitative estimate of drug-likeness (QED) is 0.0287. The fraction of sp³-hybridized carbons (Fsp3) is 0.759. The van der Waals surface area contributed by atoms with Crippen LogP contribution in [0, 0.1) is 0 Å². The molecule has 13 aliphatic heterocycles. The van der Waals surface area contributed by atoms with E-state index in [4.69, 9.17) is 5.73 Å². The van der Waals surface area contributed by atoms with Crippen molar-refractivity contribution >= 4 is 118 Å². The minimum Gasteiger partial charge on any atom is -0.480 e. The number of amides is 19. The lowest BCUT2D eigenvalue weighted by Crippen LogP contribution is -2.57. The number of aliphatic carboxylic acids is 1. The van der Waals surface area contributed by atoms with E-state index in [2.05, 4.69) is 42.5 Å². The van der Waals surface area contributed by atoms with E-state index >= 15 is 0 Å². The number of nitrogens with one attached hydrogen (secondary N) is 8. The number of unbranched alkanes of at least 4 members (excludes halogenated alkanes) is 1. The Labute approximate surface area is 753 Å². The van der Waals surface area contributed by atoms with Gasteiger partial charge in [0, 0.05) is 117 Å². The largest absolute Gasteiger partial charge is 0.480 e. The standard InChI is InChI=1S/C83H123N21O27/c84-18-2-1-10-50(92-64(111)33-86-70(117)54-13-5-21-95(54)78(125)59-27-45(106)39-100(59)67(114)36-89-73(120)55-14-7-23-97(55)80(127)61-29-47(108)41-102(61)66(113)35-88-72(119)53-12-4-20-94(53)77(124)51-26-44(105)32-85-51)76(123)93-19-3-11-52(93)71(118)87-34-65(112)101-40-46(107)28-60(101)79(126)96-22-6-15-56(96)74(121)90-37-68(115)103-42-48(109)30-62(103)81(128)98-24-8-16-57(98)75(122)91-38-69(116)104-43-49(110)31-63(104)82(129)99-25-9-17-58(99)83(130)131/h44-63,85,105-110H,1-43,84H2,(H,86,117)(H,87,118)(H,88,119)(H,89,120)(H,90,121)(H,91,122)(H,92,111)(H,130,131)/t44-,45-,46-,47-,48-,49-,50+,51+,52+,53+,54+,55+,56+,57+,58+,59+,60+,61+,62+,63+/m1/s1. The second-order valence-corrected chi connectivity index (χ2v) is 36.5. The Balaban J connectivity index is 0.540. The van der Waals surface area contributed by atoms with Crippen molar-refractivity contribution in [1.29, 1.82) is 0 Å². The summed E-state index contributed by atoms with van der Waals surface area (Å²) in [6, 6.07) is -15.8. The maximum absolute atomic E-state index is 14.5. The van der Waals surface area contributed by atoms with Crippen LogP contribution in [0.4, 0.5) is 0 Å². The molecule has 0 radical (unpaired) electrons. The minimum atomic E-state index is -1.31. The predicted molar refractivity (Wildman–Crippen MR) is 447 cm³/mol. The van der Waals surface area contributed by atoms with Gasteiger partial charge in [0.1, 0.15) is 78.5 Å². The fourth-order valence-electron chi connectivity index (χ4n) is 21.2. The Morgan fingerprint density at radius 2 is 0.550 bits per heavy atom. The Kier molecular flexibility index (Phi) is 32.2. The monoisotopic (exact) mass is 1850 g/mol. The number of aliphatic hydroxyl groups is 6. The van der Waals surface area contributed by atoms with Crippen molar-refractivity contribution in [3.63, 3.8) is 0 Å². The molecule has 13 aliphatic rings. The molecule has 0 aliphatic carbocycles. The van der Waals surface area contributed by atoms with E-state index in [1.165, 1.54) is 34.3 Å². The molecule has 20 atom stereocenters. The molecule has 722 valence electrons. The first kappa shape index (κ1) is 97.6. The maximum atomic E-state index is 14.5. The molecule has 13 heterocycles. The van der Waals surface area contributed by atoms with Crippen molar-refractivity contribution in [3.05, 3.63) is 0 Å². The van der Waals surface area contributed by atoms with Crippen molar-refractivity contribution in [3.8, 4) is 0 Å². The SMILES string of the molecule is NCCCC[C@H](NC(=O)CNC(=O)[C@@H]1CCCN1C(=O)[C@@H]1C[C@@H](O)CN1C(=O)CNC(=O)[C@@H]1CCCN1C(=O)[C@@H]1C[C@@H](O)CN1C(=O)CNC(=O)[C@@H]1CCCN1C(=O)[C@@H]1C[C@@H](O)CN1)C(=O)N1CCC[C@H]1C(=O)NCC(=O)N1C[C@H](O)C[C@H]1C(=O)N1CCC[C@H]1C(=O)NCC(=O)N1C[C@H](O)C[C@H]1C(=O)N1CCC[C@H]1C(=O)NCC(=O)N1C[C@H](O)C[C@H]1C(=O)N1CCC[C@H]1C(=O)O. The van der Waals surface area contributed by atoms with Crippen LogP contribution in [-0.4, -0.2) is 465 Å². The summed E-state index contributed by atoms with van der Waals surface area (Å²) < 4.78 is 0. The third kappa shape index (κ3) is 22.2. The third-order valence-electron chi connectivity index (χ3n) is 27.8. The molecule has 0 aromatic carbocycles. The summed E-state index contributed by atoms with van der Waals surface area (Å²) in [6.07, 6.45) is -2.44. The van der Waals surface area contributed by atoms with E-state index in [0.717, 1.165) is 24.5 Å². The van der Waals surface area contributed by atoms with Gasteiger partial charge in [-0.05, 0) is 122 Å². The Bertz CT molecular complexity index is 4400. The van der Waals surface area contributed by atoms with Gasteiger partial charge in [0.05, 0.1) is 81.9 Å². The summed E-state index contributed by atoms with van der Waals surface area (Å²) >= 11 is 0. The van der Waals surface area contributed by atoms with Gasteiger partial charge in [-0.1, -0.05) is 0 Å². The number of likely N-dealkylation sites (tertiary alicyclic amines) is 12. The van der Waals surface area contributed by atoms with E-state index < -0.39 is 273 Å². The normalized spacial score (nSPS) is 30.2. The molecule has 0 aromatic rings. The average molecular weight is 1850 g/mol. The van der Waals surface area contributed by atoms with Gasteiger partial charge in [0.25, 0.3) is 0 Å². The molecule has 48 heteroatoms. The van der Waals surface area contributed by atoms with Gasteiger partial charge in [0.15, 0.2) is 0 Å². The first-order valence-corrected chi connectivity index (χ1v) is 45.9. The number of nitrogens with two attached hydrogens (primary N) is 1. The molecule has 13 fully saturated rings. The Morgan fingerprint density at radius 1 is 0.298 bits per heavy atom. The molecule has 131 heavy (non-hydrogen) atoms. The summed E-state index contributed by atoms with van der Waals surface area (Å²) in [5.41, 5.74) is 5.81. The number of hydrogen-bond acceptors (Lipinski definition) is 28. The molecule has 17 N–H and O–H groups in total. The lowest BCUT2D eigenvalue weighted by atomic mass is 10.1. The molecule has 0 spiro atoms. The van der Waals surface area contributed by atoms with Crippen molar-refractivity contribution in [1.82, 2.24) is 101 Å². The van der Waals surface area contributed by atoms with Crippen LogP contribution >= 0.6 is 0 Å². The summed E-state index contributed by atoms with van der Waals surface area (Å²) in [6.45, 7) is -4.10. The van der Waals surface area contributed by atoms with E-state index in [-0.39, 0.29) is 174 Å². The highest BCUT2D eigenvalue weighted by Crippen LogP contribution is 2.34. The zero-order valence-electron chi connectivity index (χ0n) is 73.2. The van der Waals surface area contributed by atoms with Crippen LogP contribution in [-0.2, 0) is 95.9 Å². The summed E-state index contributed by atoms with van der Waals surface area (Å²) in [7, 11) is 0. The maximum Gasteiger partial charge on any atom is 0.326 e. The van der Waals surface area contributed by atoms with Gasteiger partial charge in [-0.2, -0.15) is 0 Å². The summed E-state index contributed by atoms with van der Waals surface area (Å²) in [5.74, 6) is -14.4. The minimum absolute atomic E-state index is 0.0395. The molecule has 13 rings (SSSR count). The number of carboxylic acid groups (broad SMARTS) is 1. The molecule has 0 saturated carbocycles. The zero-order chi connectivity index (χ0) is 94.1. The second-order valence-electron chi connectivity index (χ2n) is 36.5. The first-order valence-electron chi connectivity index (χ1n) is 45.9. The van der Waals surface area contributed by atoms with E-state index in [1.807, 2.05) is 0 Å². The number of β-amino-alcohol motifs (C(OH)–C–C–N with tert-alkyl or cyclic N) is 6. The van der Waals surface area contributed by atoms with Gasteiger partial charge in [-0.3, -0.25) is 91.1 Å². The van der Waals surface area contributed by atoms with Crippen molar-refractivity contribution in [2.75, 3.05) is 131 Å². The number of rotatable bonds is 31. The predicted octanol–water partition coefficient (Wildman–Crippen LogP) is -12.1. The summed E-state index contributed by atoms with van der Waals surface area (Å²) in [5, 5.41) is 94.4. The van der Waals surface area contributed by atoms with Gasteiger partial charge in [-0.25, -0.2) is 4.79 Å². The third-order valence-corrected chi connectivity index (χ3v) is 27.8. The molecule has 0 bridgehead atoms. The van der Waals surface area contributed by atoms with Crippen LogP contribution in [0.5, 0.6) is 0 Å². The lowest BCUT2D eigenvalue weighted by Gasteiger charge is -2.32. The molecular formula is C83H123N21O27. The number of aliphatic hydroxyl groups excluding tert-OH is 6. The highest BCUT2D eigenvalue weighted by molar-refractivity contribution is 6.02. The number of nitrogens with zero attached hydrogens (tertiary/aromatic N) is 12. The number of hydrogen-bond donors (Lipinski definition) is 16. The zero-order valence-corrected chi connectivity index (χ0v) is 73.2. The number of carbonyl (C=O) groups excluding carboxylic acids is 19. The van der Waals surface area contributed by atoms with Gasteiger partial charge in [-0.15, -0.1) is 0 Å². The fourth-order valence-corrected chi connectivity index (χ4v) is 21.2.